The van der Waals surface area contributed by atoms with E-state index in [1.54, 1.807) is 24.7 Å². The monoisotopic (exact) mass is 354 g/mol. The molecule has 25 heavy (non-hydrogen) atoms. The number of aromatic nitrogens is 3. The highest BCUT2D eigenvalue weighted by Gasteiger charge is 2.14. The third-order valence-electron chi connectivity index (χ3n) is 3.80. The number of nitrogens with zero attached hydrogens (tertiary/aromatic N) is 3. The van der Waals surface area contributed by atoms with Crippen LogP contribution in [0.4, 0.5) is 10.1 Å². The van der Waals surface area contributed by atoms with E-state index in [0.29, 0.717) is 11.4 Å². The number of halogens is 1. The van der Waals surface area contributed by atoms with Crippen molar-refractivity contribution in [1.82, 2.24) is 14.5 Å². The Bertz CT molecular complexity index is 1060. The maximum atomic E-state index is 14.0. The number of fused-ring (bicyclic) bond motifs is 1. The number of hydrogen-bond acceptors (Lipinski definition) is 5. The zero-order valence-corrected chi connectivity index (χ0v) is 14.3. The minimum atomic E-state index is -0.497. The van der Waals surface area contributed by atoms with Crippen LogP contribution in [0, 0.1) is 5.82 Å². The second-order valence-corrected chi connectivity index (χ2v) is 6.57. The third-order valence-corrected chi connectivity index (χ3v) is 4.96. The first kappa shape index (κ1) is 15.6. The summed E-state index contributed by atoms with van der Waals surface area (Å²) in [5, 5.41) is 0. The standard InChI is InChI=1S/C18H15FN4OS/c1-2-23-9-14(22-10-23)17-8-13-18(25-17)16(5-6-21-13)24-15-4-3-11(20)7-12(15)19/h3-10H,2,20H2,1H3. The van der Waals surface area contributed by atoms with Crippen molar-refractivity contribution in [2.24, 2.45) is 0 Å². The van der Waals surface area contributed by atoms with Gasteiger partial charge in [-0.2, -0.15) is 0 Å². The molecule has 0 radical (unpaired) electrons. The van der Waals surface area contributed by atoms with Crippen LogP contribution in [0.2, 0.25) is 0 Å². The van der Waals surface area contributed by atoms with Crippen LogP contribution in [0.15, 0.2) is 49.1 Å². The molecular formula is C18H15FN4OS. The van der Waals surface area contributed by atoms with E-state index in [9.17, 15) is 4.39 Å². The lowest BCUT2D eigenvalue weighted by atomic mass is 10.3. The van der Waals surface area contributed by atoms with Gasteiger partial charge in [0.05, 0.1) is 27.1 Å². The van der Waals surface area contributed by atoms with E-state index in [2.05, 4.69) is 16.9 Å². The van der Waals surface area contributed by atoms with Gasteiger partial charge in [-0.25, -0.2) is 9.37 Å². The first-order chi connectivity index (χ1) is 12.1. The lowest BCUT2D eigenvalue weighted by molar-refractivity contribution is 0.447. The molecule has 3 aromatic heterocycles. The Morgan fingerprint density at radius 3 is 2.84 bits per heavy atom. The minimum absolute atomic E-state index is 0.131. The van der Waals surface area contributed by atoms with Gasteiger partial charge in [0.15, 0.2) is 11.6 Å². The van der Waals surface area contributed by atoms with E-state index in [4.69, 9.17) is 10.5 Å². The van der Waals surface area contributed by atoms with Gasteiger partial charge in [-0.15, -0.1) is 11.3 Å². The molecule has 1 aromatic carbocycles. The molecule has 126 valence electrons. The fourth-order valence-electron chi connectivity index (χ4n) is 2.50. The summed E-state index contributed by atoms with van der Waals surface area (Å²) in [6.45, 7) is 2.92. The van der Waals surface area contributed by atoms with Crippen molar-refractivity contribution in [2.45, 2.75) is 13.5 Å². The molecule has 0 saturated heterocycles. The fraction of sp³-hybridized carbons (Fsp3) is 0.111. The van der Waals surface area contributed by atoms with Gasteiger partial charge < -0.3 is 15.0 Å². The molecular weight excluding hydrogens is 339 g/mol. The molecule has 0 bridgehead atoms. The summed E-state index contributed by atoms with van der Waals surface area (Å²) < 4.78 is 22.6. The first-order valence-electron chi connectivity index (χ1n) is 7.77. The average Bonchev–Trinajstić information content (AvgIpc) is 3.24. The second kappa shape index (κ2) is 6.18. The van der Waals surface area contributed by atoms with E-state index in [-0.39, 0.29) is 5.75 Å². The van der Waals surface area contributed by atoms with E-state index in [1.165, 1.54) is 23.5 Å². The predicted molar refractivity (Wildman–Crippen MR) is 97.4 cm³/mol. The summed E-state index contributed by atoms with van der Waals surface area (Å²) in [5.74, 6) is 0.190. The lowest BCUT2D eigenvalue weighted by Crippen LogP contribution is -1.91. The number of hydrogen-bond donors (Lipinski definition) is 1. The number of pyridine rings is 1. The normalized spacial score (nSPS) is 11.1. The molecule has 4 rings (SSSR count). The smallest absolute Gasteiger partial charge is 0.167 e. The molecule has 2 N–H and O–H groups in total. The molecule has 7 heteroatoms. The van der Waals surface area contributed by atoms with Gasteiger partial charge in [0.2, 0.25) is 0 Å². The van der Waals surface area contributed by atoms with Crippen LogP contribution < -0.4 is 10.5 Å². The largest absolute Gasteiger partial charge is 0.453 e. The lowest BCUT2D eigenvalue weighted by Gasteiger charge is -2.07. The molecule has 4 aromatic rings. The van der Waals surface area contributed by atoms with Crippen LogP contribution in [0.3, 0.4) is 0 Å². The van der Waals surface area contributed by atoms with E-state index in [0.717, 1.165) is 27.3 Å². The van der Waals surface area contributed by atoms with Gasteiger partial charge in [-0.3, -0.25) is 4.98 Å². The van der Waals surface area contributed by atoms with Crippen molar-refractivity contribution in [3.05, 3.63) is 54.9 Å². The van der Waals surface area contributed by atoms with Crippen LogP contribution in [-0.4, -0.2) is 14.5 Å². The molecule has 0 aliphatic heterocycles. The third kappa shape index (κ3) is 2.94. The number of nitrogen functional groups attached to an aromatic ring is 1. The predicted octanol–water partition coefficient (Wildman–Crippen LogP) is 4.69. The Morgan fingerprint density at radius 1 is 1.20 bits per heavy atom. The number of thiophene rings is 1. The first-order valence-corrected chi connectivity index (χ1v) is 8.59. The van der Waals surface area contributed by atoms with Crippen LogP contribution in [-0.2, 0) is 6.54 Å². The number of ether oxygens (including phenoxy) is 1. The minimum Gasteiger partial charge on any atom is -0.453 e. The van der Waals surface area contributed by atoms with Crippen LogP contribution in [0.5, 0.6) is 11.5 Å². The highest BCUT2D eigenvalue weighted by molar-refractivity contribution is 7.22. The Kier molecular flexibility index (Phi) is 3.85. The molecule has 0 aliphatic carbocycles. The number of anilines is 1. The topological polar surface area (TPSA) is 66.0 Å². The van der Waals surface area contributed by atoms with Gasteiger partial charge in [-0.05, 0) is 25.1 Å². The van der Waals surface area contributed by atoms with E-state index < -0.39 is 5.82 Å². The van der Waals surface area contributed by atoms with Crippen LogP contribution in [0.25, 0.3) is 20.8 Å². The zero-order valence-electron chi connectivity index (χ0n) is 13.4. The van der Waals surface area contributed by atoms with Crippen LogP contribution in [0.1, 0.15) is 6.92 Å². The van der Waals surface area contributed by atoms with Crippen molar-refractivity contribution in [3.8, 4) is 22.1 Å². The summed E-state index contributed by atoms with van der Waals surface area (Å²) >= 11 is 1.52. The van der Waals surface area contributed by atoms with Crippen LogP contribution >= 0.6 is 11.3 Å². The highest BCUT2D eigenvalue weighted by atomic mass is 32.1. The van der Waals surface area contributed by atoms with Gasteiger partial charge in [0.25, 0.3) is 0 Å². The quantitative estimate of drug-likeness (QED) is 0.540. The van der Waals surface area contributed by atoms with Crippen molar-refractivity contribution in [1.29, 1.82) is 0 Å². The average molecular weight is 354 g/mol. The Labute approximate surface area is 147 Å². The number of nitrogens with two attached hydrogens (primary N) is 1. The SMILES string of the molecule is CCn1cnc(-c2cc3nccc(Oc4ccc(N)cc4F)c3s2)c1. The summed E-state index contributed by atoms with van der Waals surface area (Å²) in [6, 6.07) is 8.06. The maximum Gasteiger partial charge on any atom is 0.167 e. The van der Waals surface area contributed by atoms with Crippen molar-refractivity contribution in [3.63, 3.8) is 0 Å². The van der Waals surface area contributed by atoms with Crippen molar-refractivity contribution < 1.29 is 9.13 Å². The molecule has 3 heterocycles. The Hall–Kier alpha value is -2.93. The molecule has 0 aliphatic rings. The Morgan fingerprint density at radius 2 is 2.08 bits per heavy atom. The maximum absolute atomic E-state index is 14.0. The van der Waals surface area contributed by atoms with Crippen molar-refractivity contribution >= 4 is 27.2 Å². The summed E-state index contributed by atoms with van der Waals surface area (Å²) in [6.07, 6.45) is 5.44. The van der Waals surface area contributed by atoms with Gasteiger partial charge >= 0.3 is 0 Å². The number of imidazole rings is 1. The van der Waals surface area contributed by atoms with Gasteiger partial charge in [0, 0.05) is 36.8 Å². The summed E-state index contributed by atoms with van der Waals surface area (Å²) in [7, 11) is 0. The molecule has 0 fully saturated rings. The summed E-state index contributed by atoms with van der Waals surface area (Å²) in [4.78, 5) is 9.79. The van der Waals surface area contributed by atoms with Gasteiger partial charge in [0.1, 0.15) is 5.75 Å². The molecule has 0 unspecified atom stereocenters. The zero-order chi connectivity index (χ0) is 17.4. The fourth-order valence-corrected chi connectivity index (χ4v) is 3.53. The number of benzene rings is 1. The molecule has 0 saturated carbocycles. The molecule has 5 nitrogen and oxygen atoms in total. The molecule has 0 amide bonds. The van der Waals surface area contributed by atoms with E-state index in [1.807, 2.05) is 16.8 Å². The highest BCUT2D eigenvalue weighted by Crippen LogP contribution is 2.39. The molecule has 0 atom stereocenters. The summed E-state index contributed by atoms with van der Waals surface area (Å²) in [5.41, 5.74) is 7.61. The number of aryl methyl sites for hydroxylation is 1. The Balaban J connectivity index is 1.74. The van der Waals surface area contributed by atoms with Gasteiger partial charge in [-0.1, -0.05) is 0 Å². The van der Waals surface area contributed by atoms with Crippen molar-refractivity contribution in [2.75, 3.05) is 5.73 Å². The second-order valence-electron chi connectivity index (χ2n) is 5.52. The van der Waals surface area contributed by atoms with E-state index >= 15 is 0 Å². The number of rotatable bonds is 4. The molecule has 0 spiro atoms.